The monoisotopic (exact) mass is 735 g/mol. The van der Waals surface area contributed by atoms with Gasteiger partial charge in [-0.1, -0.05) is 135 Å². The Balaban J connectivity index is 1.22. The standard InChI is InChI=1S/C51H33N3OS/c1-51(2)37-20-10-7-15-31(37)32-25-23-29(27-38(32)51)45-49(53-50-46(52-45)36-19-9-12-22-40(36)55-50)54-39-21-11-8-18-35(39)42-33-16-5-6-17-34(33)44-43-30-14-4-3-13-28(30)24-26-41(43)56-48(44)47(42)54/h3-27,31,37H,1-2H3. The summed E-state index contributed by atoms with van der Waals surface area (Å²) in [5.41, 5.74) is 8.98. The summed E-state index contributed by atoms with van der Waals surface area (Å²) in [7, 11) is 0. The van der Waals surface area contributed by atoms with Gasteiger partial charge in [0.25, 0.3) is 0 Å². The number of furan rings is 1. The van der Waals surface area contributed by atoms with E-state index < -0.39 is 0 Å². The number of para-hydroxylation sites is 2. The van der Waals surface area contributed by atoms with Gasteiger partial charge < -0.3 is 4.42 Å². The van der Waals surface area contributed by atoms with Gasteiger partial charge in [-0.3, -0.25) is 4.57 Å². The topological polar surface area (TPSA) is 43.9 Å². The maximum atomic E-state index is 6.53. The molecule has 2 unspecified atom stereocenters. The first-order valence-corrected chi connectivity index (χ1v) is 20.2. The molecule has 0 fully saturated rings. The van der Waals surface area contributed by atoms with Crippen molar-refractivity contribution in [1.29, 1.82) is 0 Å². The molecule has 2 aliphatic carbocycles. The van der Waals surface area contributed by atoms with Crippen molar-refractivity contribution < 1.29 is 4.42 Å². The average Bonchev–Trinajstić information content (AvgIpc) is 3.97. The second-order valence-corrected chi connectivity index (χ2v) is 17.1. The molecule has 0 aliphatic heterocycles. The summed E-state index contributed by atoms with van der Waals surface area (Å²) in [5.74, 6) is 1.55. The third-order valence-corrected chi connectivity index (χ3v) is 14.1. The van der Waals surface area contributed by atoms with Crippen molar-refractivity contribution in [2.24, 2.45) is 5.92 Å². The number of fused-ring (bicyclic) bond motifs is 18. The van der Waals surface area contributed by atoms with Crippen LogP contribution in [0, 0.1) is 5.92 Å². The van der Waals surface area contributed by atoms with Crippen molar-refractivity contribution in [2.45, 2.75) is 25.2 Å². The molecule has 2 atom stereocenters. The van der Waals surface area contributed by atoms with Gasteiger partial charge >= 0.3 is 0 Å². The van der Waals surface area contributed by atoms with Crippen LogP contribution < -0.4 is 0 Å². The number of allylic oxidation sites excluding steroid dienone is 4. The Morgan fingerprint density at radius 3 is 2.27 bits per heavy atom. The van der Waals surface area contributed by atoms with Gasteiger partial charge in [0.1, 0.15) is 16.8 Å². The normalized spacial score (nSPS) is 17.5. The number of benzene rings is 7. The maximum absolute atomic E-state index is 6.53. The van der Waals surface area contributed by atoms with Crippen molar-refractivity contribution in [3.63, 3.8) is 0 Å². The van der Waals surface area contributed by atoms with Crippen LogP contribution in [0.3, 0.4) is 0 Å². The van der Waals surface area contributed by atoms with Crippen LogP contribution in [0.15, 0.2) is 156 Å². The van der Waals surface area contributed by atoms with Crippen LogP contribution in [0.5, 0.6) is 0 Å². The molecule has 11 aromatic rings. The summed E-state index contributed by atoms with van der Waals surface area (Å²) in [5, 5.41) is 11.0. The Bertz CT molecular complexity index is 3590. The second kappa shape index (κ2) is 10.8. The predicted molar refractivity (Wildman–Crippen MR) is 235 cm³/mol. The lowest BCUT2D eigenvalue weighted by atomic mass is 9.74. The molecular weight excluding hydrogens is 703 g/mol. The Labute approximate surface area is 325 Å². The van der Waals surface area contributed by atoms with E-state index in [0.29, 0.717) is 17.5 Å². The first kappa shape index (κ1) is 30.7. The van der Waals surface area contributed by atoms with E-state index in [1.54, 1.807) is 0 Å². The quantitative estimate of drug-likeness (QED) is 0.178. The lowest BCUT2D eigenvalue weighted by Crippen LogP contribution is -2.24. The Morgan fingerprint density at radius 2 is 1.39 bits per heavy atom. The van der Waals surface area contributed by atoms with E-state index in [2.05, 4.69) is 152 Å². The summed E-state index contributed by atoms with van der Waals surface area (Å²) in [6, 6.07) is 46.3. The molecule has 0 radical (unpaired) electrons. The third-order valence-electron chi connectivity index (χ3n) is 12.9. The van der Waals surface area contributed by atoms with Crippen LogP contribution in [0.25, 0.3) is 103 Å². The lowest BCUT2D eigenvalue weighted by Gasteiger charge is -2.29. The number of hydrogen-bond acceptors (Lipinski definition) is 4. The lowest BCUT2D eigenvalue weighted by molar-refractivity contribution is 0.394. The van der Waals surface area contributed by atoms with E-state index in [4.69, 9.17) is 14.4 Å². The predicted octanol–water partition coefficient (Wildman–Crippen LogP) is 13.9. The summed E-state index contributed by atoms with van der Waals surface area (Å²) in [6.07, 6.45) is 9.17. The second-order valence-electron chi connectivity index (χ2n) is 16.1. The molecule has 4 heterocycles. The van der Waals surface area contributed by atoms with Gasteiger partial charge in [-0.05, 0) is 74.3 Å². The fourth-order valence-electron chi connectivity index (χ4n) is 10.3. The molecule has 264 valence electrons. The summed E-state index contributed by atoms with van der Waals surface area (Å²) < 4.78 is 11.5. The van der Waals surface area contributed by atoms with Gasteiger partial charge in [0.05, 0.1) is 15.7 Å². The highest BCUT2D eigenvalue weighted by Gasteiger charge is 2.44. The van der Waals surface area contributed by atoms with Crippen LogP contribution in [0.1, 0.15) is 30.9 Å². The molecule has 5 heteroatoms. The van der Waals surface area contributed by atoms with E-state index in [9.17, 15) is 0 Å². The molecule has 2 aliphatic rings. The van der Waals surface area contributed by atoms with Crippen LogP contribution >= 0.6 is 11.3 Å². The van der Waals surface area contributed by atoms with Gasteiger partial charge in [-0.15, -0.1) is 11.3 Å². The number of hydrogen-bond donors (Lipinski definition) is 0. The highest BCUT2D eigenvalue weighted by atomic mass is 32.1. The van der Waals surface area contributed by atoms with Gasteiger partial charge in [0.15, 0.2) is 5.82 Å². The van der Waals surface area contributed by atoms with Gasteiger partial charge in [-0.2, -0.15) is 4.98 Å². The van der Waals surface area contributed by atoms with Crippen LogP contribution in [0.2, 0.25) is 0 Å². The molecule has 4 aromatic heterocycles. The van der Waals surface area contributed by atoms with Gasteiger partial charge in [-0.25, -0.2) is 4.98 Å². The van der Waals surface area contributed by atoms with Crippen molar-refractivity contribution in [3.05, 3.63) is 163 Å². The Hall–Kier alpha value is -6.56. The zero-order valence-corrected chi connectivity index (χ0v) is 31.6. The highest BCUT2D eigenvalue weighted by Crippen LogP contribution is 2.54. The van der Waals surface area contributed by atoms with E-state index in [1.165, 1.54) is 63.6 Å². The van der Waals surface area contributed by atoms with E-state index in [0.717, 1.165) is 44.6 Å². The van der Waals surface area contributed by atoms with E-state index in [-0.39, 0.29) is 5.41 Å². The van der Waals surface area contributed by atoms with Crippen molar-refractivity contribution in [1.82, 2.24) is 14.5 Å². The highest BCUT2D eigenvalue weighted by molar-refractivity contribution is 7.27. The SMILES string of the molecule is CC1(C)c2cc(-c3nc4c(nc3-n3c5ccccc5c5c6ccccc6c6c(sc7ccc8ccccc8c76)c53)oc3ccccc34)ccc2C2C=CC=CC21. The number of thiophene rings is 1. The van der Waals surface area contributed by atoms with Crippen molar-refractivity contribution in [2.75, 3.05) is 0 Å². The molecule has 0 saturated heterocycles. The zero-order chi connectivity index (χ0) is 36.9. The molecule has 0 spiro atoms. The van der Waals surface area contributed by atoms with E-state index >= 15 is 0 Å². The zero-order valence-electron chi connectivity index (χ0n) is 30.7. The maximum Gasteiger partial charge on any atom is 0.248 e. The first-order chi connectivity index (χ1) is 27.5. The molecule has 4 nitrogen and oxygen atoms in total. The summed E-state index contributed by atoms with van der Waals surface area (Å²) >= 11 is 1.88. The molecule has 0 N–H and O–H groups in total. The van der Waals surface area contributed by atoms with Gasteiger partial charge in [0, 0.05) is 43.1 Å². The summed E-state index contributed by atoms with van der Waals surface area (Å²) in [4.78, 5) is 11.1. The van der Waals surface area contributed by atoms with E-state index in [1.807, 2.05) is 29.5 Å². The largest absolute Gasteiger partial charge is 0.436 e. The number of nitrogens with zero attached hydrogens (tertiary/aromatic N) is 3. The third kappa shape index (κ3) is 3.88. The molecule has 56 heavy (non-hydrogen) atoms. The first-order valence-electron chi connectivity index (χ1n) is 19.4. The summed E-state index contributed by atoms with van der Waals surface area (Å²) in [6.45, 7) is 4.78. The average molecular weight is 736 g/mol. The van der Waals surface area contributed by atoms with Crippen LogP contribution in [-0.4, -0.2) is 14.5 Å². The Morgan fingerprint density at radius 1 is 0.661 bits per heavy atom. The van der Waals surface area contributed by atoms with Crippen LogP contribution in [0.4, 0.5) is 0 Å². The van der Waals surface area contributed by atoms with Crippen LogP contribution in [-0.2, 0) is 5.41 Å². The van der Waals surface area contributed by atoms with Crippen molar-refractivity contribution in [3.8, 4) is 17.1 Å². The van der Waals surface area contributed by atoms with Gasteiger partial charge in [0.2, 0.25) is 5.71 Å². The molecular formula is C51H33N3OS. The minimum atomic E-state index is -0.0466. The fraction of sp³-hybridized carbons (Fsp3) is 0.0980. The minimum absolute atomic E-state index is 0.0466. The molecule has 13 rings (SSSR count). The molecule has 7 aromatic carbocycles. The Kier molecular flexibility index (Phi) is 5.93. The molecule has 0 saturated carbocycles. The fourth-order valence-corrected chi connectivity index (χ4v) is 11.6. The minimum Gasteiger partial charge on any atom is -0.436 e. The number of aromatic nitrogens is 3. The molecule has 0 bridgehead atoms. The van der Waals surface area contributed by atoms with Crippen molar-refractivity contribution >= 4 is 97.1 Å². The smallest absolute Gasteiger partial charge is 0.248 e. The number of rotatable bonds is 2. The molecule has 0 amide bonds.